The van der Waals surface area contributed by atoms with Crippen LogP contribution in [0, 0.1) is 0 Å². The number of para-hydroxylation sites is 1. The molecule has 6 nitrogen and oxygen atoms in total. The van der Waals surface area contributed by atoms with Crippen LogP contribution in [0.5, 0.6) is 11.5 Å². The van der Waals surface area contributed by atoms with E-state index in [1.54, 1.807) is 16.0 Å². The van der Waals surface area contributed by atoms with Crippen molar-refractivity contribution < 1.29 is 9.53 Å². The van der Waals surface area contributed by atoms with Crippen LogP contribution in [0.15, 0.2) is 89.7 Å². The third kappa shape index (κ3) is 3.31. The van der Waals surface area contributed by atoms with Crippen LogP contribution in [0.4, 0.5) is 5.95 Å². The van der Waals surface area contributed by atoms with Crippen molar-refractivity contribution in [2.75, 3.05) is 5.32 Å². The van der Waals surface area contributed by atoms with Crippen molar-refractivity contribution in [3.63, 3.8) is 0 Å². The lowest BCUT2D eigenvalue weighted by Crippen LogP contribution is -2.33. The van der Waals surface area contributed by atoms with Crippen molar-refractivity contribution in [2.45, 2.75) is 24.8 Å². The van der Waals surface area contributed by atoms with Gasteiger partial charge in [0.2, 0.25) is 5.95 Å². The molecule has 32 heavy (non-hydrogen) atoms. The molecular formula is C25H20N4O2S. The van der Waals surface area contributed by atoms with E-state index < -0.39 is 0 Å². The summed E-state index contributed by atoms with van der Waals surface area (Å²) in [5.41, 5.74) is 2.66. The summed E-state index contributed by atoms with van der Waals surface area (Å²) >= 11 is 1.71. The Balaban J connectivity index is 1.40. The van der Waals surface area contributed by atoms with Crippen LogP contribution in [0.1, 0.15) is 35.2 Å². The molecule has 0 fully saturated rings. The molecule has 6 rings (SSSR count). The Morgan fingerprint density at radius 2 is 1.88 bits per heavy atom. The minimum absolute atomic E-state index is 0.151. The number of carbonyl (C=O) groups excluding carboxylic acids is 1. The van der Waals surface area contributed by atoms with E-state index in [9.17, 15) is 4.79 Å². The lowest BCUT2D eigenvalue weighted by molar-refractivity contribution is -0.116. The largest absolute Gasteiger partial charge is 0.457 e. The predicted molar refractivity (Wildman–Crippen MR) is 123 cm³/mol. The topological polar surface area (TPSA) is 69.0 Å². The fraction of sp³-hybridized carbons (Fsp3) is 0.160. The first-order chi connectivity index (χ1) is 15.8. The number of carbonyl (C=O) groups is 1. The summed E-state index contributed by atoms with van der Waals surface area (Å²) in [4.78, 5) is 19.1. The number of allylic oxidation sites excluding steroid dienone is 2. The van der Waals surface area contributed by atoms with Gasteiger partial charge in [0.1, 0.15) is 23.9 Å². The van der Waals surface area contributed by atoms with Gasteiger partial charge in [-0.2, -0.15) is 10.1 Å². The summed E-state index contributed by atoms with van der Waals surface area (Å²) in [6, 6.07) is 21.4. The van der Waals surface area contributed by atoms with Crippen LogP contribution in [0.3, 0.4) is 0 Å². The van der Waals surface area contributed by atoms with Crippen molar-refractivity contribution in [2.24, 2.45) is 0 Å². The standard InChI is InChI=1S/C25H20N4O2S/c30-21-14-17(22-10-5-11-32-22)13-20-23(21)24(29-25(28-20)26-15-27-29)16-6-4-9-19(12-16)31-18-7-2-1-3-8-18/h1-12,15,17,24H,13-14H2,(H,26,27,28)/t17-,24+/m1/s1. The first kappa shape index (κ1) is 19.0. The van der Waals surface area contributed by atoms with E-state index in [0.29, 0.717) is 12.4 Å². The van der Waals surface area contributed by atoms with Gasteiger partial charge in [0, 0.05) is 28.5 Å². The van der Waals surface area contributed by atoms with Gasteiger partial charge in [-0.15, -0.1) is 11.3 Å². The van der Waals surface area contributed by atoms with Gasteiger partial charge < -0.3 is 10.1 Å². The van der Waals surface area contributed by atoms with Gasteiger partial charge in [0.05, 0.1) is 0 Å². The molecule has 158 valence electrons. The van der Waals surface area contributed by atoms with E-state index >= 15 is 0 Å². The van der Waals surface area contributed by atoms with Crippen LogP contribution in [0.2, 0.25) is 0 Å². The molecule has 2 aromatic carbocycles. The number of hydrogen-bond donors (Lipinski definition) is 1. The molecule has 0 spiro atoms. The third-order valence-electron chi connectivity index (χ3n) is 5.96. The number of hydrogen-bond acceptors (Lipinski definition) is 6. The Morgan fingerprint density at radius 1 is 1.00 bits per heavy atom. The maximum atomic E-state index is 13.4. The fourth-order valence-corrected chi connectivity index (χ4v) is 5.39. The number of Topliss-reactive ketones (excluding diaryl/α,β-unsaturated/α-hetero) is 1. The number of benzene rings is 2. The fourth-order valence-electron chi connectivity index (χ4n) is 4.56. The highest BCUT2D eigenvalue weighted by molar-refractivity contribution is 7.10. The average Bonchev–Trinajstić information content (AvgIpc) is 3.51. The van der Waals surface area contributed by atoms with E-state index in [1.165, 1.54) is 11.2 Å². The van der Waals surface area contributed by atoms with Crippen molar-refractivity contribution in [1.29, 1.82) is 0 Å². The lowest BCUT2D eigenvalue weighted by Gasteiger charge is -2.34. The molecule has 0 amide bonds. The molecule has 4 aromatic rings. The van der Waals surface area contributed by atoms with Crippen LogP contribution < -0.4 is 10.1 Å². The van der Waals surface area contributed by atoms with E-state index in [-0.39, 0.29) is 17.7 Å². The summed E-state index contributed by atoms with van der Waals surface area (Å²) in [6.07, 6.45) is 2.81. The number of ketones is 1. The average molecular weight is 441 g/mol. The second-order valence-electron chi connectivity index (χ2n) is 7.98. The highest BCUT2D eigenvalue weighted by Crippen LogP contribution is 2.45. The first-order valence-electron chi connectivity index (χ1n) is 10.6. The Bertz CT molecular complexity index is 1310. The van der Waals surface area contributed by atoms with Crippen molar-refractivity contribution in [3.8, 4) is 11.5 Å². The molecule has 0 saturated carbocycles. The molecule has 0 bridgehead atoms. The predicted octanol–water partition coefficient (Wildman–Crippen LogP) is 5.55. The molecule has 0 unspecified atom stereocenters. The summed E-state index contributed by atoms with van der Waals surface area (Å²) in [5.74, 6) is 2.48. The number of nitrogens with zero attached hydrogens (tertiary/aromatic N) is 3. The van der Waals surface area contributed by atoms with Crippen molar-refractivity contribution >= 4 is 23.1 Å². The van der Waals surface area contributed by atoms with E-state index in [0.717, 1.165) is 34.8 Å². The third-order valence-corrected chi connectivity index (χ3v) is 6.99. The minimum Gasteiger partial charge on any atom is -0.457 e. The monoisotopic (exact) mass is 440 g/mol. The van der Waals surface area contributed by atoms with Crippen LogP contribution in [-0.4, -0.2) is 20.5 Å². The number of aromatic nitrogens is 3. The molecule has 2 aliphatic rings. The molecule has 0 radical (unpaired) electrons. The lowest BCUT2D eigenvalue weighted by atomic mass is 9.80. The molecular weight excluding hydrogens is 420 g/mol. The zero-order valence-electron chi connectivity index (χ0n) is 17.1. The van der Waals surface area contributed by atoms with E-state index in [4.69, 9.17) is 4.74 Å². The van der Waals surface area contributed by atoms with Gasteiger partial charge in [-0.3, -0.25) is 4.79 Å². The summed E-state index contributed by atoms with van der Waals surface area (Å²) in [6.45, 7) is 0. The van der Waals surface area contributed by atoms with E-state index in [2.05, 4.69) is 26.8 Å². The van der Waals surface area contributed by atoms with Crippen LogP contribution in [0.25, 0.3) is 0 Å². The Labute approximate surface area is 189 Å². The highest BCUT2D eigenvalue weighted by Gasteiger charge is 2.39. The SMILES string of the molecule is O=C1C[C@H](c2cccs2)CC2=C1[C@H](c1cccc(Oc3ccccc3)c1)n1ncnc1N2. The quantitative estimate of drug-likeness (QED) is 0.451. The van der Waals surface area contributed by atoms with Crippen molar-refractivity contribution in [3.05, 3.63) is 100 Å². The molecule has 2 aromatic heterocycles. The normalized spacial score (nSPS) is 19.8. The molecule has 3 heterocycles. The summed E-state index contributed by atoms with van der Waals surface area (Å²) in [7, 11) is 0. The second kappa shape index (κ2) is 7.76. The molecule has 1 aliphatic carbocycles. The smallest absolute Gasteiger partial charge is 0.226 e. The number of ether oxygens (including phenoxy) is 1. The summed E-state index contributed by atoms with van der Waals surface area (Å²) < 4.78 is 7.84. The van der Waals surface area contributed by atoms with Gasteiger partial charge >= 0.3 is 0 Å². The highest BCUT2D eigenvalue weighted by atomic mass is 32.1. The molecule has 0 saturated heterocycles. The number of thiophene rings is 1. The van der Waals surface area contributed by atoms with Crippen LogP contribution in [-0.2, 0) is 4.79 Å². The zero-order valence-corrected chi connectivity index (χ0v) is 18.0. The molecule has 7 heteroatoms. The Morgan fingerprint density at radius 3 is 2.72 bits per heavy atom. The van der Waals surface area contributed by atoms with E-state index in [1.807, 2.05) is 60.7 Å². The molecule has 2 atom stereocenters. The number of anilines is 1. The Kier molecular flexibility index (Phi) is 4.61. The Hall–Kier alpha value is -3.71. The zero-order chi connectivity index (χ0) is 21.5. The minimum atomic E-state index is -0.333. The van der Waals surface area contributed by atoms with Crippen molar-refractivity contribution in [1.82, 2.24) is 14.8 Å². The molecule has 1 N–H and O–H groups in total. The maximum Gasteiger partial charge on any atom is 0.226 e. The van der Waals surface area contributed by atoms with Gasteiger partial charge in [0.25, 0.3) is 0 Å². The number of fused-ring (bicyclic) bond motifs is 1. The maximum absolute atomic E-state index is 13.4. The van der Waals surface area contributed by atoms with Crippen LogP contribution >= 0.6 is 11.3 Å². The molecule has 1 aliphatic heterocycles. The van der Waals surface area contributed by atoms with Gasteiger partial charge in [-0.1, -0.05) is 36.4 Å². The van der Waals surface area contributed by atoms with Gasteiger partial charge in [0.15, 0.2) is 5.78 Å². The number of nitrogens with one attached hydrogen (secondary N) is 1. The van der Waals surface area contributed by atoms with Gasteiger partial charge in [-0.05, 0) is 47.7 Å². The number of rotatable bonds is 4. The first-order valence-corrected chi connectivity index (χ1v) is 11.4. The summed E-state index contributed by atoms with van der Waals surface area (Å²) in [5, 5.41) is 9.88. The second-order valence-corrected chi connectivity index (χ2v) is 8.96. The van der Waals surface area contributed by atoms with Gasteiger partial charge in [-0.25, -0.2) is 4.68 Å².